The molecule has 496 valence electrons. The Morgan fingerprint density at radius 1 is 0.596 bits per heavy atom. The lowest BCUT2D eigenvalue weighted by Crippen LogP contribution is -2.70. The van der Waals surface area contributed by atoms with E-state index < -0.39 is 74.1 Å². The molecule has 12 aliphatic rings. The fourth-order valence-corrected chi connectivity index (χ4v) is 16.1. The van der Waals surface area contributed by atoms with Crippen molar-refractivity contribution in [1.82, 2.24) is 0 Å². The van der Waals surface area contributed by atoms with Gasteiger partial charge >= 0.3 is 18.3 Å². The second kappa shape index (κ2) is 26.7. The number of hydrogen-bond acceptors (Lipinski definition) is 16. The molecule has 3 aliphatic carbocycles. The lowest BCUT2D eigenvalue weighted by molar-refractivity contribution is -0.570. The first-order chi connectivity index (χ1) is 41.7. The van der Waals surface area contributed by atoms with Gasteiger partial charge in [-0.2, -0.15) is 26.3 Å². The molecule has 6 bridgehead atoms. The molecule has 4 unspecified atom stereocenters. The van der Waals surface area contributed by atoms with Crippen molar-refractivity contribution in [3.05, 3.63) is 89.5 Å². The minimum Gasteiger partial charge on any atom is -0.432 e. The third-order valence-electron chi connectivity index (χ3n) is 20.3. The Morgan fingerprint density at radius 3 is 1.62 bits per heavy atom. The van der Waals surface area contributed by atoms with Crippen molar-refractivity contribution in [2.45, 2.75) is 230 Å². The summed E-state index contributed by atoms with van der Waals surface area (Å²) in [4.78, 5) is 58.6. The van der Waals surface area contributed by atoms with E-state index in [-0.39, 0.29) is 75.7 Å². The molecule has 2 spiro atoms. The van der Waals surface area contributed by atoms with Crippen LogP contribution in [0.25, 0.3) is 6.08 Å². The molecule has 12 fully saturated rings. The summed E-state index contributed by atoms with van der Waals surface area (Å²) in [5, 5.41) is 0. The number of carbonyl (C=O) groups is 2. The van der Waals surface area contributed by atoms with Gasteiger partial charge in [0.2, 0.25) is 27.7 Å². The smallest absolute Gasteiger partial charge is 0.417 e. The van der Waals surface area contributed by atoms with Crippen LogP contribution in [0.1, 0.15) is 171 Å². The summed E-state index contributed by atoms with van der Waals surface area (Å²) in [6.45, 7) is 26.1. The third-order valence-corrected chi connectivity index (χ3v) is 22.1. The monoisotopic (exact) mass is 1280 g/mol. The average molecular weight is 1280 g/mol. The van der Waals surface area contributed by atoms with Crippen LogP contribution in [0.15, 0.2) is 82.6 Å². The first kappa shape index (κ1) is 70.2. The van der Waals surface area contributed by atoms with E-state index in [0.717, 1.165) is 50.7 Å². The van der Waals surface area contributed by atoms with Gasteiger partial charge in [-0.1, -0.05) is 74.5 Å². The lowest BCUT2D eigenvalue weighted by atomic mass is 9.57. The van der Waals surface area contributed by atoms with Crippen molar-refractivity contribution < 1.29 is 92.6 Å². The number of nitrogen functional groups attached to an aromatic ring is 2. The number of anilines is 2. The molecule has 0 aromatic heterocycles. The highest BCUT2D eigenvalue weighted by atomic mass is 32.2. The Balaban J connectivity index is 0.000000153. The maximum absolute atomic E-state index is 13.3. The van der Waals surface area contributed by atoms with Crippen molar-refractivity contribution in [2.75, 3.05) is 11.5 Å². The molecule has 0 radical (unpaired) electrons. The molecule has 89 heavy (non-hydrogen) atoms. The molecule has 16 nitrogen and oxygen atoms in total. The maximum atomic E-state index is 13.3. The number of ketones is 1. The number of esters is 1. The minimum atomic E-state index is -4.97. The second-order valence-electron chi connectivity index (χ2n) is 25.8. The van der Waals surface area contributed by atoms with E-state index in [1.807, 2.05) is 48.5 Å². The molecule has 9 saturated heterocycles. The number of sulfone groups is 1. The molecule has 23 heteroatoms. The summed E-state index contributed by atoms with van der Waals surface area (Å²) >= 11 is 0. The number of alkyl halides is 6. The number of ether oxygens (including phenoxy) is 4. The van der Waals surface area contributed by atoms with Gasteiger partial charge in [0, 0.05) is 60.2 Å². The zero-order valence-electron chi connectivity index (χ0n) is 53.2. The number of fused-ring (bicyclic) bond motifs is 6. The molecule has 3 aromatic carbocycles. The van der Waals surface area contributed by atoms with Crippen LogP contribution in [-0.4, -0.2) is 73.3 Å². The van der Waals surface area contributed by atoms with E-state index >= 15 is 0 Å². The molecular formula is C66H90F6N2O14S. The highest BCUT2D eigenvalue weighted by Gasteiger charge is 2.71. The van der Waals surface area contributed by atoms with Crippen LogP contribution < -0.4 is 11.5 Å². The van der Waals surface area contributed by atoms with Gasteiger partial charge in [0.15, 0.2) is 17.5 Å². The number of rotatable bonds is 4. The van der Waals surface area contributed by atoms with Gasteiger partial charge in [-0.15, -0.1) is 0 Å². The number of Topliss-reactive ketones (excluding diaryl/α,β-unsaturated/α-hetero) is 1. The zero-order valence-corrected chi connectivity index (χ0v) is 54.0. The number of halogens is 6. The predicted molar refractivity (Wildman–Crippen MR) is 317 cm³/mol. The van der Waals surface area contributed by atoms with Crippen LogP contribution >= 0.6 is 0 Å². The standard InChI is InChI=1S/C19H18F6O3.C16H26O4.C15H22O5.C12H12N2O2S.2C2H6/c1-10-15(26)8-13-9-16(10)27-28-17(13,2)6-5-11-3-4-12(18(20,21)22)7-14(11)19(23,24)25;1-9-5-6-13-10(2)11(3)17-14-16(13)12(9)7-8-15(4,18-14)19-20-16;1-8-4-5-11-9(2)12(16)17-13-15(11)10(8)6-7-14(3,18-13)19-20-15;13-9-1-5-11(6-2-9)17(15,16)12-7-3-10(14)4-8-12;2*1-2/h3-7,10,13,16H,8-9H2,1-2H3;9-14H,5-8H2,1-4H3;8-11,13H,4-7H2,1-3H3;1-8H,13-14H2;2*1-2H3/b6-5-;;;;;/t10-,13?,16+,17+;9-,10+,11?,12+,13+,14-,15+,16?;8-,9-,10+,11+,13-,14+,15?;;;/m111.../s1. The van der Waals surface area contributed by atoms with E-state index in [1.165, 1.54) is 43.2 Å². The number of nitrogens with two attached hydrogens (primary N) is 2. The fourth-order valence-electron chi connectivity index (χ4n) is 14.8. The molecule has 9 heterocycles. The van der Waals surface area contributed by atoms with Gasteiger partial charge in [-0.05, 0) is 169 Å². The Hall–Kier alpha value is -4.69. The van der Waals surface area contributed by atoms with E-state index in [0.29, 0.717) is 59.4 Å². The summed E-state index contributed by atoms with van der Waals surface area (Å²) in [7, 11) is -3.48. The molecule has 4 N–H and O–H groups in total. The topological polar surface area (TPSA) is 213 Å². The summed E-state index contributed by atoms with van der Waals surface area (Å²) in [6.07, 6.45) is 0.470. The Kier molecular flexibility index (Phi) is 21.1. The van der Waals surface area contributed by atoms with Crippen LogP contribution in [0.5, 0.6) is 0 Å². The van der Waals surface area contributed by atoms with Gasteiger partial charge in [0.25, 0.3) is 0 Å². The van der Waals surface area contributed by atoms with Gasteiger partial charge in [-0.3, -0.25) is 9.59 Å². The van der Waals surface area contributed by atoms with E-state index in [1.54, 1.807) is 38.1 Å². The average Bonchev–Trinajstić information content (AvgIpc) is 1.75. The predicted octanol–water partition coefficient (Wildman–Crippen LogP) is 14.8. The SMILES string of the molecule is CC.CC.CC1O[C@@H]2O[C@]3(C)CC[C@H]4[C@H](C)CC[C@@H]([C@H]1C)C24OO3.C[C@@H]1C(=O)CC2C[C@@H]1OO[C@@]2(C)/C=C\c1ccc(C(F)(F)F)cc1C(F)(F)F.C[C@@H]1CC[C@H]2[C@@H](C)C(=O)O[C@@H]3O[C@]4(C)CC[C@@H]1C32OO4.Nc1ccc(S(=O)(=O)c2ccc(N)cc2)cc1. The van der Waals surface area contributed by atoms with Crippen LogP contribution in [0.3, 0.4) is 0 Å². The van der Waals surface area contributed by atoms with E-state index in [4.69, 9.17) is 59.7 Å². The summed E-state index contributed by atoms with van der Waals surface area (Å²) < 4.78 is 127. The minimum absolute atomic E-state index is 0.0188. The summed E-state index contributed by atoms with van der Waals surface area (Å²) in [5.41, 5.74) is 6.72. The number of carbonyl (C=O) groups excluding carboxylic acids is 2. The molecule has 3 saturated carbocycles. The lowest BCUT2D eigenvalue weighted by Gasteiger charge is -2.60. The quantitative estimate of drug-likeness (QED) is 0.108. The molecule has 0 amide bonds. The Labute approximate surface area is 519 Å². The van der Waals surface area contributed by atoms with Gasteiger partial charge in [0.1, 0.15) is 17.5 Å². The van der Waals surface area contributed by atoms with Gasteiger partial charge < -0.3 is 30.4 Å². The van der Waals surface area contributed by atoms with Crippen molar-refractivity contribution in [3.8, 4) is 0 Å². The maximum Gasteiger partial charge on any atom is 0.417 e. The number of hydrogen-bond donors (Lipinski definition) is 2. The van der Waals surface area contributed by atoms with Crippen LogP contribution in [0.4, 0.5) is 37.7 Å². The Bertz CT molecular complexity index is 3040. The highest BCUT2D eigenvalue weighted by Crippen LogP contribution is 2.62. The Morgan fingerprint density at radius 2 is 1.10 bits per heavy atom. The van der Waals surface area contributed by atoms with Crippen molar-refractivity contribution in [3.63, 3.8) is 0 Å². The van der Waals surface area contributed by atoms with E-state index in [9.17, 15) is 44.3 Å². The van der Waals surface area contributed by atoms with Crippen LogP contribution in [-0.2, 0) is 80.1 Å². The summed E-state index contributed by atoms with van der Waals surface area (Å²) in [6, 6.07) is 13.6. The second-order valence-corrected chi connectivity index (χ2v) is 27.8. The van der Waals surface area contributed by atoms with Crippen LogP contribution in [0.2, 0.25) is 0 Å². The number of benzene rings is 3. The first-order valence-corrected chi connectivity index (χ1v) is 33.0. The molecule has 9 aliphatic heterocycles. The zero-order chi connectivity index (χ0) is 65.6. The molecule has 19 atom stereocenters. The van der Waals surface area contributed by atoms with Crippen molar-refractivity contribution >= 4 is 39.0 Å². The van der Waals surface area contributed by atoms with Crippen molar-refractivity contribution in [2.24, 2.45) is 59.2 Å². The van der Waals surface area contributed by atoms with E-state index in [2.05, 4.69) is 27.7 Å². The first-order valence-electron chi connectivity index (χ1n) is 31.5. The highest BCUT2D eigenvalue weighted by molar-refractivity contribution is 7.91. The van der Waals surface area contributed by atoms with Crippen molar-refractivity contribution in [1.29, 1.82) is 0 Å². The fraction of sp³-hybridized carbons (Fsp3) is 0.667. The van der Waals surface area contributed by atoms with Gasteiger partial charge in [0.05, 0.1) is 32.9 Å². The third kappa shape index (κ3) is 13.7. The van der Waals surface area contributed by atoms with Gasteiger partial charge in [-0.25, -0.2) is 37.7 Å². The molecule has 15 rings (SSSR count). The molecular weight excluding hydrogens is 1190 g/mol. The summed E-state index contributed by atoms with van der Waals surface area (Å²) in [5.74, 6) is 0.660. The largest absolute Gasteiger partial charge is 0.432 e. The molecule has 3 aromatic rings. The normalized spacial score (nSPS) is 39.0. The van der Waals surface area contributed by atoms with Crippen LogP contribution in [0, 0.1) is 59.2 Å².